The van der Waals surface area contributed by atoms with Crippen molar-refractivity contribution in [3.8, 4) is 6.07 Å². The van der Waals surface area contributed by atoms with Crippen molar-refractivity contribution in [2.24, 2.45) is 0 Å². The van der Waals surface area contributed by atoms with E-state index in [1.165, 1.54) is 29.9 Å². The lowest BCUT2D eigenvalue weighted by molar-refractivity contribution is -0.122. The highest BCUT2D eigenvalue weighted by Crippen LogP contribution is 2.33. The lowest BCUT2D eigenvalue weighted by atomic mass is 10.4. The summed E-state index contributed by atoms with van der Waals surface area (Å²) in [5.41, 5.74) is 2.57. The number of unbranched alkanes of at least 4 members (excludes halogenated alkanes) is 1. The highest BCUT2D eigenvalue weighted by molar-refractivity contribution is 8.14. The second-order valence-electron chi connectivity index (χ2n) is 3.54. The Morgan fingerprint density at radius 3 is 3.00 bits per heavy atom. The van der Waals surface area contributed by atoms with Crippen LogP contribution in [0.2, 0.25) is 0 Å². The maximum absolute atomic E-state index is 12.0. The van der Waals surface area contributed by atoms with Crippen LogP contribution in [0.4, 0.5) is 0 Å². The van der Waals surface area contributed by atoms with Crippen molar-refractivity contribution < 1.29 is 9.00 Å². The quantitative estimate of drug-likeness (QED) is 0.817. The van der Waals surface area contributed by atoms with E-state index in [1.54, 1.807) is 0 Å². The first-order valence-electron chi connectivity index (χ1n) is 5.29. The highest BCUT2D eigenvalue weighted by atomic mass is 32.2. The number of carbonyl (C=O) groups is 1. The van der Waals surface area contributed by atoms with Gasteiger partial charge >= 0.3 is 0 Å². The maximum atomic E-state index is 12.0. The molecule has 7 heteroatoms. The van der Waals surface area contributed by atoms with Crippen molar-refractivity contribution in [2.45, 2.75) is 31.4 Å². The van der Waals surface area contributed by atoms with Crippen LogP contribution in [0.5, 0.6) is 0 Å². The fraction of sp³-hybridized carbons (Fsp3) is 0.600. The lowest BCUT2D eigenvalue weighted by Gasteiger charge is -2.23. The van der Waals surface area contributed by atoms with Crippen molar-refractivity contribution in [1.29, 1.82) is 5.26 Å². The Balaban J connectivity index is 2.68. The molecule has 1 N–H and O–H groups in total. The van der Waals surface area contributed by atoms with E-state index in [2.05, 4.69) is 5.43 Å². The van der Waals surface area contributed by atoms with E-state index in [0.717, 1.165) is 12.8 Å². The predicted molar refractivity (Wildman–Crippen MR) is 68.6 cm³/mol. The van der Waals surface area contributed by atoms with Gasteiger partial charge in [0.05, 0.1) is 10.8 Å². The monoisotopic (exact) mass is 273 g/mol. The molecule has 0 spiro atoms. The van der Waals surface area contributed by atoms with Crippen LogP contribution in [-0.4, -0.2) is 25.6 Å². The Bertz CT molecular complexity index is 390. The van der Waals surface area contributed by atoms with E-state index in [9.17, 15) is 9.00 Å². The smallest absolute Gasteiger partial charge is 0.235 e. The van der Waals surface area contributed by atoms with Gasteiger partial charge in [-0.3, -0.25) is 19.4 Å². The first kappa shape index (κ1) is 14.1. The Morgan fingerprint density at radius 1 is 1.76 bits per heavy atom. The number of rotatable bonds is 5. The molecular formula is C10H15N3O2S2. The van der Waals surface area contributed by atoms with E-state index in [1.807, 2.05) is 13.0 Å². The molecule has 0 saturated carbocycles. The number of amides is 1. The number of nitrogens with one attached hydrogen (secondary N) is 1. The van der Waals surface area contributed by atoms with Crippen molar-refractivity contribution >= 4 is 28.5 Å². The number of nitriles is 1. The molecule has 0 bridgehead atoms. The summed E-state index contributed by atoms with van der Waals surface area (Å²) in [4.78, 5) is 11.5. The highest BCUT2D eigenvalue weighted by Gasteiger charge is 2.31. The third-order valence-corrected chi connectivity index (χ3v) is 5.21. The zero-order valence-corrected chi connectivity index (χ0v) is 11.4. The van der Waals surface area contributed by atoms with Crippen LogP contribution in [0.25, 0.3) is 0 Å². The first-order chi connectivity index (χ1) is 8.08. The Labute approximate surface area is 108 Å². The lowest BCUT2D eigenvalue weighted by Crippen LogP contribution is -2.43. The number of allylic oxidation sites excluding steroid dienone is 1. The average Bonchev–Trinajstić information content (AvgIpc) is 2.68. The first-order valence-corrected chi connectivity index (χ1v) is 7.56. The summed E-state index contributed by atoms with van der Waals surface area (Å²) in [5, 5.41) is 10.3. The summed E-state index contributed by atoms with van der Waals surface area (Å²) >= 11 is 1.23. The molecule has 1 rings (SSSR count). The minimum absolute atomic E-state index is 0.237. The maximum Gasteiger partial charge on any atom is 0.235 e. The average molecular weight is 273 g/mol. The molecule has 0 saturated heterocycles. The van der Waals surface area contributed by atoms with Gasteiger partial charge in [-0.05, 0) is 6.42 Å². The minimum atomic E-state index is -1.09. The molecule has 1 aliphatic rings. The van der Waals surface area contributed by atoms with Crippen LogP contribution >= 0.6 is 11.8 Å². The van der Waals surface area contributed by atoms with E-state index in [0.29, 0.717) is 10.7 Å². The molecule has 17 heavy (non-hydrogen) atoms. The second-order valence-corrected chi connectivity index (χ2v) is 6.58. The molecule has 2 unspecified atom stereocenters. The van der Waals surface area contributed by atoms with Crippen LogP contribution in [0.1, 0.15) is 26.7 Å². The number of nitrogens with zero attached hydrogens (tertiary/aromatic N) is 2. The molecular weight excluding hydrogens is 258 g/mol. The topological polar surface area (TPSA) is 73.2 Å². The van der Waals surface area contributed by atoms with Crippen LogP contribution in [0.15, 0.2) is 11.1 Å². The standard InChI is InChI=1S/C10H15N3O2S2/c1-3-4-5-17(15)10-13(12-8(2)14)7-9(6-11)16-10/h7,10H,3-5H2,1-2H3,(H,12,14). The molecule has 1 amide bonds. The molecule has 0 aromatic carbocycles. The third-order valence-electron chi connectivity index (χ3n) is 2.03. The second kappa shape index (κ2) is 6.67. The number of hydrogen-bond donors (Lipinski definition) is 1. The number of carbonyl (C=O) groups excluding carboxylic acids is 1. The molecule has 5 nitrogen and oxygen atoms in total. The van der Waals surface area contributed by atoms with Crippen LogP contribution in [0.3, 0.4) is 0 Å². The van der Waals surface area contributed by atoms with Gasteiger partial charge in [0.2, 0.25) is 5.91 Å². The Hall–Kier alpha value is -1.00. The molecule has 0 aliphatic carbocycles. The Morgan fingerprint density at radius 2 is 2.47 bits per heavy atom. The predicted octanol–water partition coefficient (Wildman–Crippen LogP) is 1.28. The molecule has 0 aromatic heterocycles. The number of thioether (sulfide) groups is 1. The van der Waals surface area contributed by atoms with Gasteiger partial charge in [-0.2, -0.15) is 5.26 Å². The summed E-state index contributed by atoms with van der Waals surface area (Å²) in [6, 6.07) is 2.00. The van der Waals surface area contributed by atoms with E-state index in [4.69, 9.17) is 5.26 Å². The van der Waals surface area contributed by atoms with Crippen molar-refractivity contribution in [3.63, 3.8) is 0 Å². The van der Waals surface area contributed by atoms with Gasteiger partial charge in [0.15, 0.2) is 4.71 Å². The molecule has 0 aromatic rings. The molecule has 1 heterocycles. The van der Waals surface area contributed by atoms with E-state index in [-0.39, 0.29) is 10.6 Å². The van der Waals surface area contributed by atoms with Crippen LogP contribution in [-0.2, 0) is 15.6 Å². The molecule has 94 valence electrons. The van der Waals surface area contributed by atoms with Crippen molar-refractivity contribution in [3.05, 3.63) is 11.1 Å². The molecule has 0 radical (unpaired) electrons. The van der Waals surface area contributed by atoms with Crippen LogP contribution in [0, 0.1) is 11.3 Å². The zero-order valence-electron chi connectivity index (χ0n) is 9.80. The van der Waals surface area contributed by atoms with Crippen LogP contribution < -0.4 is 5.43 Å². The molecule has 1 aliphatic heterocycles. The minimum Gasteiger partial charge on any atom is -0.274 e. The van der Waals surface area contributed by atoms with Gasteiger partial charge in [-0.1, -0.05) is 25.1 Å². The van der Waals surface area contributed by atoms with Crippen molar-refractivity contribution in [2.75, 3.05) is 5.75 Å². The largest absolute Gasteiger partial charge is 0.274 e. The van der Waals surface area contributed by atoms with Gasteiger partial charge in [-0.25, -0.2) is 0 Å². The van der Waals surface area contributed by atoms with Gasteiger partial charge in [-0.15, -0.1) is 0 Å². The number of hydrogen-bond acceptors (Lipinski definition) is 5. The summed E-state index contributed by atoms with van der Waals surface area (Å²) in [5.74, 6) is 0.343. The van der Waals surface area contributed by atoms with Gasteiger partial charge in [0.1, 0.15) is 11.0 Å². The van der Waals surface area contributed by atoms with Gasteiger partial charge in [0, 0.05) is 18.9 Å². The fourth-order valence-electron chi connectivity index (χ4n) is 1.27. The van der Waals surface area contributed by atoms with E-state index >= 15 is 0 Å². The SMILES string of the molecule is CCCCS(=O)C1SC(C#N)=CN1NC(C)=O. The normalized spacial score (nSPS) is 20.6. The van der Waals surface area contributed by atoms with Crippen molar-refractivity contribution in [1.82, 2.24) is 10.4 Å². The summed E-state index contributed by atoms with van der Waals surface area (Å²) < 4.78 is 11.6. The fourth-order valence-corrected chi connectivity index (χ4v) is 4.11. The Kier molecular flexibility index (Phi) is 5.51. The summed E-state index contributed by atoms with van der Waals surface area (Å²) in [6.07, 6.45) is 3.38. The van der Waals surface area contributed by atoms with E-state index < -0.39 is 10.8 Å². The summed E-state index contributed by atoms with van der Waals surface area (Å²) in [7, 11) is -1.09. The molecule has 2 atom stereocenters. The molecule has 0 fully saturated rings. The zero-order chi connectivity index (χ0) is 12.8. The third kappa shape index (κ3) is 4.06. The van der Waals surface area contributed by atoms with Gasteiger partial charge < -0.3 is 0 Å². The summed E-state index contributed by atoms with van der Waals surface area (Å²) in [6.45, 7) is 3.42. The number of hydrazine groups is 1. The van der Waals surface area contributed by atoms with Gasteiger partial charge in [0.25, 0.3) is 0 Å².